The van der Waals surface area contributed by atoms with Crippen LogP contribution in [0.3, 0.4) is 0 Å². The van der Waals surface area contributed by atoms with Crippen molar-refractivity contribution >= 4 is 17.8 Å². The van der Waals surface area contributed by atoms with E-state index in [2.05, 4.69) is 29.4 Å². The van der Waals surface area contributed by atoms with Gasteiger partial charge in [0.25, 0.3) is 11.8 Å². The molecule has 0 bridgehead atoms. The van der Waals surface area contributed by atoms with Gasteiger partial charge in [0.1, 0.15) is 6.04 Å². The molecule has 31 heavy (non-hydrogen) atoms. The van der Waals surface area contributed by atoms with Crippen LogP contribution in [-0.2, 0) is 19.1 Å². The largest absolute Gasteiger partial charge is 0.454 e. The summed E-state index contributed by atoms with van der Waals surface area (Å²) in [6, 6.07) is 6.28. The van der Waals surface area contributed by atoms with Gasteiger partial charge in [-0.25, -0.2) is 4.79 Å². The number of hydrogen-bond donors (Lipinski definition) is 2. The monoisotopic (exact) mass is 433 g/mol. The van der Waals surface area contributed by atoms with Crippen molar-refractivity contribution in [2.45, 2.75) is 46.2 Å². The molecule has 0 saturated carbocycles. The van der Waals surface area contributed by atoms with Gasteiger partial charge in [0, 0.05) is 30.7 Å². The predicted molar refractivity (Wildman–Crippen MR) is 118 cm³/mol. The van der Waals surface area contributed by atoms with Crippen LogP contribution in [0.15, 0.2) is 24.3 Å². The van der Waals surface area contributed by atoms with Crippen molar-refractivity contribution in [3.05, 3.63) is 35.4 Å². The summed E-state index contributed by atoms with van der Waals surface area (Å²) in [4.78, 5) is 39.5. The SMILES string of the molecule is Cc1cccc(C(=O)N[C@H](C(=O)OCC(=O)NCC(C)(C)N2CCOCC2)C(C)C)c1. The molecule has 1 aromatic carbocycles. The number of benzene rings is 1. The highest BCUT2D eigenvalue weighted by molar-refractivity contribution is 5.97. The topological polar surface area (TPSA) is 97.0 Å². The molecule has 1 atom stereocenters. The Morgan fingerprint density at radius 3 is 2.48 bits per heavy atom. The summed E-state index contributed by atoms with van der Waals surface area (Å²) in [6.45, 7) is 12.7. The number of amides is 2. The van der Waals surface area contributed by atoms with Crippen LogP contribution in [0, 0.1) is 12.8 Å². The molecule has 8 nitrogen and oxygen atoms in total. The Hall–Kier alpha value is -2.45. The molecular formula is C23H35N3O5. The van der Waals surface area contributed by atoms with Gasteiger partial charge in [0.05, 0.1) is 13.2 Å². The summed E-state index contributed by atoms with van der Waals surface area (Å²) in [6.07, 6.45) is 0. The van der Waals surface area contributed by atoms with Crippen molar-refractivity contribution in [2.24, 2.45) is 5.92 Å². The molecule has 0 radical (unpaired) electrons. The van der Waals surface area contributed by atoms with Gasteiger partial charge in [-0.05, 0) is 38.8 Å². The zero-order valence-electron chi connectivity index (χ0n) is 19.2. The highest BCUT2D eigenvalue weighted by Gasteiger charge is 2.30. The summed E-state index contributed by atoms with van der Waals surface area (Å²) in [5, 5.41) is 5.55. The Balaban J connectivity index is 1.83. The van der Waals surface area contributed by atoms with Crippen LogP contribution in [0.5, 0.6) is 0 Å². The van der Waals surface area contributed by atoms with Gasteiger partial charge in [0.15, 0.2) is 6.61 Å². The quantitative estimate of drug-likeness (QED) is 0.573. The Labute approximate surface area is 184 Å². The zero-order chi connectivity index (χ0) is 23.0. The van der Waals surface area contributed by atoms with Crippen molar-refractivity contribution in [2.75, 3.05) is 39.5 Å². The average Bonchev–Trinajstić information content (AvgIpc) is 2.74. The first-order valence-electron chi connectivity index (χ1n) is 10.7. The number of carbonyl (C=O) groups is 3. The molecule has 0 spiro atoms. The number of hydrogen-bond acceptors (Lipinski definition) is 6. The standard InChI is InChI=1S/C23H35N3O5/c1-16(2)20(25-21(28)18-8-6-7-17(3)13-18)22(29)31-14-19(27)24-15-23(4,5)26-9-11-30-12-10-26/h6-8,13,16,20H,9-12,14-15H2,1-5H3,(H,24,27)(H,25,28)/t20-/m0/s1. The van der Waals surface area contributed by atoms with Crippen LogP contribution in [0.2, 0.25) is 0 Å². The van der Waals surface area contributed by atoms with Crippen molar-refractivity contribution < 1.29 is 23.9 Å². The van der Waals surface area contributed by atoms with Crippen LogP contribution < -0.4 is 10.6 Å². The third kappa shape index (κ3) is 7.63. The lowest BCUT2D eigenvalue weighted by molar-refractivity contribution is -0.151. The van der Waals surface area contributed by atoms with E-state index in [1.165, 1.54) is 0 Å². The second-order valence-electron chi connectivity index (χ2n) is 8.86. The smallest absolute Gasteiger partial charge is 0.329 e. The van der Waals surface area contributed by atoms with E-state index < -0.39 is 12.0 Å². The lowest BCUT2D eigenvalue weighted by Gasteiger charge is -2.40. The van der Waals surface area contributed by atoms with Crippen LogP contribution >= 0.6 is 0 Å². The van der Waals surface area contributed by atoms with Gasteiger partial charge in [-0.2, -0.15) is 0 Å². The van der Waals surface area contributed by atoms with Crippen molar-refractivity contribution in [1.29, 1.82) is 0 Å². The first-order chi connectivity index (χ1) is 14.6. The Morgan fingerprint density at radius 2 is 1.87 bits per heavy atom. The summed E-state index contributed by atoms with van der Waals surface area (Å²) in [5.41, 5.74) is 1.20. The highest BCUT2D eigenvalue weighted by Crippen LogP contribution is 2.15. The number of esters is 1. The molecule has 2 amide bonds. The second-order valence-corrected chi connectivity index (χ2v) is 8.86. The van der Waals surface area contributed by atoms with E-state index in [1.54, 1.807) is 18.2 Å². The molecule has 0 unspecified atom stereocenters. The van der Waals surface area contributed by atoms with E-state index in [9.17, 15) is 14.4 Å². The number of morpholine rings is 1. The molecule has 172 valence electrons. The fourth-order valence-electron chi connectivity index (χ4n) is 3.38. The van der Waals surface area contributed by atoms with E-state index in [0.717, 1.165) is 18.7 Å². The van der Waals surface area contributed by atoms with Gasteiger partial charge >= 0.3 is 5.97 Å². The highest BCUT2D eigenvalue weighted by atomic mass is 16.5. The molecule has 0 aliphatic carbocycles. The summed E-state index contributed by atoms with van der Waals surface area (Å²) in [7, 11) is 0. The van der Waals surface area contributed by atoms with Crippen molar-refractivity contribution in [1.82, 2.24) is 15.5 Å². The molecule has 2 rings (SSSR count). The molecule has 1 fully saturated rings. The van der Waals surface area contributed by atoms with Crippen LogP contribution in [0.1, 0.15) is 43.6 Å². The van der Waals surface area contributed by atoms with Gasteiger partial charge in [0.2, 0.25) is 0 Å². The Bertz CT molecular complexity index is 772. The van der Waals surface area contributed by atoms with Crippen molar-refractivity contribution in [3.8, 4) is 0 Å². The maximum Gasteiger partial charge on any atom is 0.329 e. The molecule has 1 heterocycles. The number of rotatable bonds is 9. The van der Waals surface area contributed by atoms with Gasteiger partial charge in [-0.1, -0.05) is 31.5 Å². The van der Waals surface area contributed by atoms with Crippen LogP contribution in [-0.4, -0.2) is 73.7 Å². The number of aryl methyl sites for hydroxylation is 1. The molecule has 0 aromatic heterocycles. The molecular weight excluding hydrogens is 398 g/mol. The minimum absolute atomic E-state index is 0.190. The first-order valence-corrected chi connectivity index (χ1v) is 10.7. The minimum atomic E-state index is -0.842. The fraction of sp³-hybridized carbons (Fsp3) is 0.609. The predicted octanol–water partition coefficient (Wildman–Crippen LogP) is 1.52. The molecule has 2 N–H and O–H groups in total. The Kier molecular flexibility index (Phi) is 9.00. The zero-order valence-corrected chi connectivity index (χ0v) is 19.2. The fourth-order valence-corrected chi connectivity index (χ4v) is 3.38. The number of carbonyl (C=O) groups excluding carboxylic acids is 3. The molecule has 8 heteroatoms. The lowest BCUT2D eigenvalue weighted by atomic mass is 10.0. The molecule has 1 aromatic rings. The van der Waals surface area contributed by atoms with Crippen molar-refractivity contribution in [3.63, 3.8) is 0 Å². The normalized spacial score (nSPS) is 15.9. The first kappa shape index (κ1) is 24.8. The maximum absolute atomic E-state index is 12.5. The molecule has 1 aliphatic heterocycles. The third-order valence-electron chi connectivity index (χ3n) is 5.42. The third-order valence-corrected chi connectivity index (χ3v) is 5.42. The average molecular weight is 434 g/mol. The molecule has 1 saturated heterocycles. The summed E-state index contributed by atoms with van der Waals surface area (Å²) >= 11 is 0. The van der Waals surface area contributed by atoms with Crippen LogP contribution in [0.25, 0.3) is 0 Å². The van der Waals surface area contributed by atoms with Gasteiger partial charge in [-0.15, -0.1) is 0 Å². The maximum atomic E-state index is 12.5. The summed E-state index contributed by atoms with van der Waals surface area (Å²) in [5.74, 6) is -1.54. The van der Waals surface area contributed by atoms with Crippen LogP contribution in [0.4, 0.5) is 0 Å². The van der Waals surface area contributed by atoms with E-state index in [1.807, 2.05) is 26.8 Å². The van der Waals surface area contributed by atoms with E-state index in [-0.39, 0.29) is 29.9 Å². The Morgan fingerprint density at radius 1 is 1.19 bits per heavy atom. The molecule has 1 aliphatic rings. The minimum Gasteiger partial charge on any atom is -0.454 e. The summed E-state index contributed by atoms with van der Waals surface area (Å²) < 4.78 is 10.6. The second kappa shape index (κ2) is 11.2. The lowest BCUT2D eigenvalue weighted by Crippen LogP contribution is -2.55. The number of nitrogens with zero attached hydrogens (tertiary/aromatic N) is 1. The van der Waals surface area contributed by atoms with E-state index >= 15 is 0 Å². The van der Waals surface area contributed by atoms with Gasteiger partial charge < -0.3 is 20.1 Å². The van der Waals surface area contributed by atoms with E-state index in [0.29, 0.717) is 25.3 Å². The number of nitrogens with one attached hydrogen (secondary N) is 2. The van der Waals surface area contributed by atoms with E-state index in [4.69, 9.17) is 9.47 Å². The van der Waals surface area contributed by atoms with Gasteiger partial charge in [-0.3, -0.25) is 14.5 Å². The number of ether oxygens (including phenoxy) is 2.